The Morgan fingerprint density at radius 2 is 2.17 bits per heavy atom. The van der Waals surface area contributed by atoms with Crippen molar-refractivity contribution in [3.63, 3.8) is 0 Å². The molecule has 1 aliphatic heterocycles. The number of hydrogen-bond donors (Lipinski definition) is 1. The lowest BCUT2D eigenvalue weighted by molar-refractivity contribution is 0.0927. The summed E-state index contributed by atoms with van der Waals surface area (Å²) < 4.78 is 0. The minimum absolute atomic E-state index is 0.0262. The Balaban J connectivity index is 1.91. The number of nitrogens with zero attached hydrogens (tertiary/aromatic N) is 1. The largest absolute Gasteiger partial charge is 0.307 e. The second-order valence-corrected chi connectivity index (χ2v) is 4.78. The number of Topliss-reactive ketones (excluding diaryl/α,β-unsaturated/α-hetero) is 1. The first kappa shape index (κ1) is 11.4. The van der Waals surface area contributed by atoms with Crippen LogP contribution in [0.15, 0.2) is 36.5 Å². The Hall–Kier alpha value is -1.74. The van der Waals surface area contributed by atoms with Gasteiger partial charge in [0.05, 0.1) is 11.6 Å². The van der Waals surface area contributed by atoms with Crippen LogP contribution in [-0.4, -0.2) is 23.4 Å². The van der Waals surface area contributed by atoms with Crippen molar-refractivity contribution in [3.05, 3.63) is 42.1 Å². The van der Waals surface area contributed by atoms with E-state index in [2.05, 4.69) is 10.3 Å². The Morgan fingerprint density at radius 1 is 1.28 bits per heavy atom. The molecule has 1 fully saturated rings. The fraction of sp³-hybridized carbons (Fsp3) is 0.333. The standard InChI is InChI=1S/C15H16N2O/c18-15(14-7-3-4-8-16-14)12-9-11-5-1-2-6-13(11)17-10-12/h1-2,5-6,9-10,14,16H,3-4,7-8H2. The third kappa shape index (κ3) is 2.14. The number of aromatic nitrogens is 1. The minimum atomic E-state index is -0.0262. The summed E-state index contributed by atoms with van der Waals surface area (Å²) in [6, 6.07) is 9.80. The van der Waals surface area contributed by atoms with Crippen LogP contribution in [0.2, 0.25) is 0 Å². The third-order valence-electron chi connectivity index (χ3n) is 3.50. The first-order valence-corrected chi connectivity index (χ1v) is 6.47. The second-order valence-electron chi connectivity index (χ2n) is 4.78. The zero-order chi connectivity index (χ0) is 12.4. The van der Waals surface area contributed by atoms with Crippen molar-refractivity contribution < 1.29 is 4.79 Å². The predicted octanol–water partition coefficient (Wildman–Crippen LogP) is 2.56. The normalized spacial score (nSPS) is 19.9. The molecule has 18 heavy (non-hydrogen) atoms. The average molecular weight is 240 g/mol. The van der Waals surface area contributed by atoms with Crippen LogP contribution in [0.5, 0.6) is 0 Å². The van der Waals surface area contributed by atoms with Crippen molar-refractivity contribution in [2.24, 2.45) is 0 Å². The summed E-state index contributed by atoms with van der Waals surface area (Å²) in [6.07, 6.45) is 4.93. The van der Waals surface area contributed by atoms with Crippen LogP contribution in [0.3, 0.4) is 0 Å². The Morgan fingerprint density at radius 3 is 3.00 bits per heavy atom. The number of fused-ring (bicyclic) bond motifs is 1. The van der Waals surface area contributed by atoms with Crippen molar-refractivity contribution in [3.8, 4) is 0 Å². The Labute approximate surface area is 106 Å². The molecule has 3 rings (SSSR count). The number of rotatable bonds is 2. The quantitative estimate of drug-likeness (QED) is 0.820. The summed E-state index contributed by atoms with van der Waals surface area (Å²) in [6.45, 7) is 0.942. The molecule has 0 bridgehead atoms. The van der Waals surface area contributed by atoms with Gasteiger partial charge in [-0.25, -0.2) is 0 Å². The van der Waals surface area contributed by atoms with Gasteiger partial charge in [0.1, 0.15) is 0 Å². The van der Waals surface area contributed by atoms with E-state index in [1.807, 2.05) is 30.3 Å². The summed E-state index contributed by atoms with van der Waals surface area (Å²) >= 11 is 0. The topological polar surface area (TPSA) is 42.0 Å². The molecule has 1 aliphatic rings. The molecule has 1 N–H and O–H groups in total. The van der Waals surface area contributed by atoms with Crippen LogP contribution in [0.1, 0.15) is 29.6 Å². The third-order valence-corrected chi connectivity index (χ3v) is 3.50. The maximum Gasteiger partial charge on any atom is 0.181 e. The van der Waals surface area contributed by atoms with Crippen LogP contribution in [0.4, 0.5) is 0 Å². The van der Waals surface area contributed by atoms with Gasteiger partial charge in [-0.1, -0.05) is 24.6 Å². The molecule has 0 spiro atoms. The fourth-order valence-corrected chi connectivity index (χ4v) is 2.48. The second kappa shape index (κ2) is 4.86. The van der Waals surface area contributed by atoms with E-state index in [4.69, 9.17) is 0 Å². The molecule has 1 atom stereocenters. The predicted molar refractivity (Wildman–Crippen MR) is 71.7 cm³/mol. The highest BCUT2D eigenvalue weighted by Gasteiger charge is 2.22. The lowest BCUT2D eigenvalue weighted by Gasteiger charge is -2.22. The highest BCUT2D eigenvalue weighted by molar-refractivity contribution is 6.02. The van der Waals surface area contributed by atoms with Crippen LogP contribution in [-0.2, 0) is 0 Å². The summed E-state index contributed by atoms with van der Waals surface area (Å²) in [7, 11) is 0. The average Bonchev–Trinajstić information content (AvgIpc) is 2.47. The Kier molecular flexibility index (Phi) is 3.07. The maximum absolute atomic E-state index is 12.3. The SMILES string of the molecule is O=C(c1cnc2ccccc2c1)C1CCCCN1. The van der Waals surface area contributed by atoms with Crippen molar-refractivity contribution >= 4 is 16.7 Å². The number of carbonyl (C=O) groups excluding carboxylic acids is 1. The van der Waals surface area contributed by atoms with Crippen LogP contribution in [0.25, 0.3) is 10.9 Å². The smallest absolute Gasteiger partial charge is 0.181 e. The molecule has 3 heteroatoms. The number of carbonyl (C=O) groups is 1. The van der Waals surface area contributed by atoms with E-state index in [-0.39, 0.29) is 11.8 Å². The molecule has 1 aromatic heterocycles. The van der Waals surface area contributed by atoms with Crippen LogP contribution in [0, 0.1) is 0 Å². The van der Waals surface area contributed by atoms with Gasteiger partial charge in [-0.15, -0.1) is 0 Å². The minimum Gasteiger partial charge on any atom is -0.307 e. The number of para-hydroxylation sites is 1. The molecule has 2 aromatic rings. The number of hydrogen-bond acceptors (Lipinski definition) is 3. The summed E-state index contributed by atoms with van der Waals surface area (Å²) in [4.78, 5) is 16.7. The van der Waals surface area contributed by atoms with E-state index in [1.54, 1.807) is 6.20 Å². The molecular weight excluding hydrogens is 224 g/mol. The lowest BCUT2D eigenvalue weighted by atomic mass is 9.97. The number of benzene rings is 1. The summed E-state index contributed by atoms with van der Waals surface area (Å²) in [5.41, 5.74) is 1.65. The van der Waals surface area contributed by atoms with Crippen molar-refractivity contribution in [1.82, 2.24) is 10.3 Å². The molecule has 92 valence electrons. The zero-order valence-corrected chi connectivity index (χ0v) is 10.2. The van der Waals surface area contributed by atoms with Gasteiger partial charge < -0.3 is 5.32 Å². The lowest BCUT2D eigenvalue weighted by Crippen LogP contribution is -2.40. The van der Waals surface area contributed by atoms with E-state index in [0.717, 1.165) is 30.3 Å². The van der Waals surface area contributed by atoms with E-state index in [9.17, 15) is 4.79 Å². The molecule has 3 nitrogen and oxygen atoms in total. The summed E-state index contributed by atoms with van der Waals surface area (Å²) in [5.74, 6) is 0.174. The maximum atomic E-state index is 12.3. The number of pyridine rings is 1. The first-order chi connectivity index (χ1) is 8.84. The van der Waals surface area contributed by atoms with E-state index < -0.39 is 0 Å². The van der Waals surface area contributed by atoms with Gasteiger partial charge in [-0.05, 0) is 31.5 Å². The monoisotopic (exact) mass is 240 g/mol. The fourth-order valence-electron chi connectivity index (χ4n) is 2.48. The van der Waals surface area contributed by atoms with E-state index in [0.29, 0.717) is 5.56 Å². The van der Waals surface area contributed by atoms with Gasteiger partial charge >= 0.3 is 0 Å². The number of nitrogens with one attached hydrogen (secondary N) is 1. The molecular formula is C15H16N2O. The molecule has 0 amide bonds. The molecule has 1 unspecified atom stereocenters. The first-order valence-electron chi connectivity index (χ1n) is 6.47. The Bertz CT molecular complexity index is 573. The van der Waals surface area contributed by atoms with Crippen molar-refractivity contribution in [1.29, 1.82) is 0 Å². The van der Waals surface area contributed by atoms with Gasteiger partial charge in [0.2, 0.25) is 0 Å². The molecule has 0 aliphatic carbocycles. The van der Waals surface area contributed by atoms with Crippen LogP contribution < -0.4 is 5.32 Å². The summed E-state index contributed by atoms with van der Waals surface area (Å²) in [5, 5.41) is 4.32. The van der Waals surface area contributed by atoms with Gasteiger partial charge in [0, 0.05) is 17.1 Å². The van der Waals surface area contributed by atoms with Gasteiger partial charge in [0.25, 0.3) is 0 Å². The number of ketones is 1. The van der Waals surface area contributed by atoms with Gasteiger partial charge in [-0.2, -0.15) is 0 Å². The molecule has 1 aromatic carbocycles. The van der Waals surface area contributed by atoms with Gasteiger partial charge in [0.15, 0.2) is 5.78 Å². The van der Waals surface area contributed by atoms with Crippen molar-refractivity contribution in [2.45, 2.75) is 25.3 Å². The molecule has 2 heterocycles. The van der Waals surface area contributed by atoms with E-state index in [1.165, 1.54) is 6.42 Å². The highest BCUT2D eigenvalue weighted by Crippen LogP contribution is 2.16. The van der Waals surface area contributed by atoms with Gasteiger partial charge in [-0.3, -0.25) is 9.78 Å². The molecule has 0 radical (unpaired) electrons. The van der Waals surface area contributed by atoms with Crippen molar-refractivity contribution in [2.75, 3.05) is 6.54 Å². The molecule has 1 saturated heterocycles. The highest BCUT2D eigenvalue weighted by atomic mass is 16.1. The number of piperidine rings is 1. The molecule has 0 saturated carbocycles. The van der Waals surface area contributed by atoms with E-state index >= 15 is 0 Å². The van der Waals surface area contributed by atoms with Crippen LogP contribution >= 0.6 is 0 Å². The zero-order valence-electron chi connectivity index (χ0n) is 10.2.